The van der Waals surface area contributed by atoms with Crippen LogP contribution in [0.5, 0.6) is 5.75 Å². The Morgan fingerprint density at radius 2 is 1.69 bits per heavy atom. The molecule has 2 N–H and O–H groups in total. The van der Waals surface area contributed by atoms with Crippen molar-refractivity contribution >= 4 is 23.2 Å². The largest absolute Gasteiger partial charge is 0.491 e. The van der Waals surface area contributed by atoms with E-state index in [1.165, 1.54) is 0 Å². The smallest absolute Gasteiger partial charge is 0.274 e. The SMILES string of the molecule is CC(C)Oc1ccc(NC(=O)c2ccnc(Nc3ccccc3C(C)C)n2)cc1. The zero-order valence-electron chi connectivity index (χ0n) is 17.1. The molecule has 150 valence electrons. The fourth-order valence-corrected chi connectivity index (χ4v) is 2.86. The second-order valence-electron chi connectivity index (χ2n) is 7.28. The van der Waals surface area contributed by atoms with Crippen molar-refractivity contribution in [3.63, 3.8) is 0 Å². The summed E-state index contributed by atoms with van der Waals surface area (Å²) >= 11 is 0. The molecule has 1 aromatic heterocycles. The molecule has 0 aliphatic heterocycles. The zero-order chi connectivity index (χ0) is 20.8. The summed E-state index contributed by atoms with van der Waals surface area (Å²) in [4.78, 5) is 21.2. The highest BCUT2D eigenvalue weighted by atomic mass is 16.5. The molecule has 1 heterocycles. The third kappa shape index (κ3) is 5.54. The first kappa shape index (κ1) is 20.3. The third-order valence-corrected chi connectivity index (χ3v) is 4.20. The van der Waals surface area contributed by atoms with E-state index in [4.69, 9.17) is 4.74 Å². The molecule has 3 rings (SSSR count). The van der Waals surface area contributed by atoms with Gasteiger partial charge in [0.15, 0.2) is 0 Å². The number of amides is 1. The van der Waals surface area contributed by atoms with Gasteiger partial charge in [0.05, 0.1) is 6.10 Å². The molecule has 6 heteroatoms. The first-order chi connectivity index (χ1) is 13.9. The molecule has 0 spiro atoms. The molecule has 6 nitrogen and oxygen atoms in total. The first-order valence-corrected chi connectivity index (χ1v) is 9.69. The summed E-state index contributed by atoms with van der Waals surface area (Å²) in [7, 11) is 0. The number of nitrogens with zero attached hydrogens (tertiary/aromatic N) is 2. The first-order valence-electron chi connectivity index (χ1n) is 9.69. The van der Waals surface area contributed by atoms with Crippen molar-refractivity contribution in [3.05, 3.63) is 72.1 Å². The minimum atomic E-state index is -0.301. The van der Waals surface area contributed by atoms with E-state index in [9.17, 15) is 4.79 Å². The van der Waals surface area contributed by atoms with Crippen molar-refractivity contribution in [1.82, 2.24) is 9.97 Å². The lowest BCUT2D eigenvalue weighted by atomic mass is 10.0. The van der Waals surface area contributed by atoms with Crippen LogP contribution in [-0.2, 0) is 0 Å². The summed E-state index contributed by atoms with van der Waals surface area (Å²) in [5.74, 6) is 1.19. The van der Waals surface area contributed by atoms with Crippen LogP contribution in [0.2, 0.25) is 0 Å². The number of benzene rings is 2. The van der Waals surface area contributed by atoms with Crippen molar-refractivity contribution in [2.45, 2.75) is 39.7 Å². The van der Waals surface area contributed by atoms with Gasteiger partial charge >= 0.3 is 0 Å². The maximum absolute atomic E-state index is 12.6. The number of carbonyl (C=O) groups is 1. The third-order valence-electron chi connectivity index (χ3n) is 4.20. The number of nitrogens with one attached hydrogen (secondary N) is 2. The highest BCUT2D eigenvalue weighted by Gasteiger charge is 2.12. The summed E-state index contributed by atoms with van der Waals surface area (Å²) in [6, 6.07) is 16.8. The number of para-hydroxylation sites is 1. The van der Waals surface area contributed by atoms with E-state index >= 15 is 0 Å². The molecular formula is C23H26N4O2. The molecule has 0 aliphatic rings. The highest BCUT2D eigenvalue weighted by Crippen LogP contribution is 2.25. The van der Waals surface area contributed by atoms with Gasteiger partial charge in [-0.2, -0.15) is 0 Å². The quantitative estimate of drug-likeness (QED) is 0.566. The van der Waals surface area contributed by atoms with Gasteiger partial charge in [0.25, 0.3) is 5.91 Å². The summed E-state index contributed by atoms with van der Waals surface area (Å²) in [5, 5.41) is 6.07. The van der Waals surface area contributed by atoms with Crippen LogP contribution in [0.3, 0.4) is 0 Å². The highest BCUT2D eigenvalue weighted by molar-refractivity contribution is 6.03. The predicted octanol–water partition coefficient (Wildman–Crippen LogP) is 5.38. The maximum Gasteiger partial charge on any atom is 0.274 e. The van der Waals surface area contributed by atoms with E-state index < -0.39 is 0 Å². The van der Waals surface area contributed by atoms with Crippen molar-refractivity contribution in [2.75, 3.05) is 10.6 Å². The summed E-state index contributed by atoms with van der Waals surface area (Å²) in [5.41, 5.74) is 3.05. The van der Waals surface area contributed by atoms with Crippen LogP contribution in [0.15, 0.2) is 60.8 Å². The maximum atomic E-state index is 12.6. The van der Waals surface area contributed by atoms with Gasteiger partial charge in [-0.3, -0.25) is 4.79 Å². The van der Waals surface area contributed by atoms with Crippen molar-refractivity contribution in [2.24, 2.45) is 0 Å². The predicted molar refractivity (Wildman–Crippen MR) is 116 cm³/mol. The fourth-order valence-electron chi connectivity index (χ4n) is 2.86. The van der Waals surface area contributed by atoms with Crippen molar-refractivity contribution < 1.29 is 9.53 Å². The number of aromatic nitrogens is 2. The molecule has 0 aliphatic carbocycles. The average molecular weight is 390 g/mol. The van der Waals surface area contributed by atoms with Gasteiger partial charge in [-0.1, -0.05) is 32.0 Å². The van der Waals surface area contributed by atoms with E-state index in [2.05, 4.69) is 40.5 Å². The molecule has 29 heavy (non-hydrogen) atoms. The van der Waals surface area contributed by atoms with Gasteiger partial charge in [-0.25, -0.2) is 9.97 Å². The van der Waals surface area contributed by atoms with Gasteiger partial charge in [0.1, 0.15) is 11.4 Å². The molecule has 0 unspecified atom stereocenters. The number of carbonyl (C=O) groups excluding carboxylic acids is 1. The zero-order valence-corrected chi connectivity index (χ0v) is 17.1. The lowest BCUT2D eigenvalue weighted by molar-refractivity contribution is 0.102. The molecule has 2 aromatic carbocycles. The minimum absolute atomic E-state index is 0.100. The van der Waals surface area contributed by atoms with Crippen LogP contribution in [0, 0.1) is 0 Å². The van der Waals surface area contributed by atoms with E-state index in [0.717, 1.165) is 17.0 Å². The van der Waals surface area contributed by atoms with Crippen LogP contribution in [0.4, 0.5) is 17.3 Å². The fraction of sp³-hybridized carbons (Fsp3) is 0.261. The van der Waals surface area contributed by atoms with E-state index in [1.54, 1.807) is 24.4 Å². The van der Waals surface area contributed by atoms with Crippen LogP contribution in [0.25, 0.3) is 0 Å². The lowest BCUT2D eigenvalue weighted by Gasteiger charge is -2.14. The number of rotatable bonds is 7. The van der Waals surface area contributed by atoms with Crippen LogP contribution in [0.1, 0.15) is 49.7 Å². The molecule has 0 bridgehead atoms. The molecule has 0 fully saturated rings. The monoisotopic (exact) mass is 390 g/mol. The van der Waals surface area contributed by atoms with Gasteiger partial charge in [-0.15, -0.1) is 0 Å². The molecular weight excluding hydrogens is 364 g/mol. The molecule has 0 saturated carbocycles. The van der Waals surface area contributed by atoms with Crippen LogP contribution in [-0.4, -0.2) is 22.0 Å². The summed E-state index contributed by atoms with van der Waals surface area (Å²) < 4.78 is 5.62. The van der Waals surface area contributed by atoms with Crippen molar-refractivity contribution in [1.29, 1.82) is 0 Å². The van der Waals surface area contributed by atoms with Gasteiger partial charge in [-0.05, 0) is 61.7 Å². The summed E-state index contributed by atoms with van der Waals surface area (Å²) in [6.07, 6.45) is 1.67. The number of hydrogen-bond acceptors (Lipinski definition) is 5. The Bertz CT molecular complexity index is 969. The van der Waals surface area contributed by atoms with Crippen LogP contribution >= 0.6 is 0 Å². The number of hydrogen-bond donors (Lipinski definition) is 2. The van der Waals surface area contributed by atoms with E-state index in [1.807, 2.05) is 44.2 Å². The van der Waals surface area contributed by atoms with Gasteiger partial charge < -0.3 is 15.4 Å². The molecule has 0 atom stereocenters. The number of ether oxygens (including phenoxy) is 1. The summed E-state index contributed by atoms with van der Waals surface area (Å²) in [6.45, 7) is 8.19. The van der Waals surface area contributed by atoms with Gasteiger partial charge in [0, 0.05) is 17.6 Å². The minimum Gasteiger partial charge on any atom is -0.491 e. The average Bonchev–Trinajstić information content (AvgIpc) is 2.69. The van der Waals surface area contributed by atoms with E-state index in [0.29, 0.717) is 17.6 Å². The molecule has 3 aromatic rings. The molecule has 1 amide bonds. The Hall–Kier alpha value is -3.41. The standard InChI is InChI=1S/C23H26N4O2/c1-15(2)19-7-5-6-8-20(19)26-23-24-14-13-21(27-23)22(28)25-17-9-11-18(12-10-17)29-16(3)4/h5-16H,1-4H3,(H,25,28)(H,24,26,27). The Balaban J connectivity index is 1.71. The number of anilines is 3. The molecule has 0 radical (unpaired) electrons. The Morgan fingerprint density at radius 1 is 0.966 bits per heavy atom. The molecule has 0 saturated heterocycles. The normalized spacial score (nSPS) is 10.8. The van der Waals surface area contributed by atoms with Gasteiger partial charge in [0.2, 0.25) is 5.95 Å². The lowest BCUT2D eigenvalue weighted by Crippen LogP contribution is -2.15. The Labute approximate surface area is 171 Å². The van der Waals surface area contributed by atoms with E-state index in [-0.39, 0.29) is 17.7 Å². The Morgan fingerprint density at radius 3 is 2.38 bits per heavy atom. The van der Waals surface area contributed by atoms with Crippen molar-refractivity contribution in [3.8, 4) is 5.75 Å². The Kier molecular flexibility index (Phi) is 6.44. The van der Waals surface area contributed by atoms with Crippen LogP contribution < -0.4 is 15.4 Å². The second kappa shape index (κ2) is 9.19. The topological polar surface area (TPSA) is 76.1 Å². The second-order valence-corrected chi connectivity index (χ2v) is 7.28.